The molecular formula is C9H12O2S. The van der Waals surface area contributed by atoms with E-state index < -0.39 is 5.97 Å². The van der Waals surface area contributed by atoms with Gasteiger partial charge in [-0.3, -0.25) is 0 Å². The van der Waals surface area contributed by atoms with Crippen molar-refractivity contribution in [2.75, 3.05) is 6.26 Å². The first kappa shape index (κ1) is 11.0. The standard InChI is InChI=1S/C9H12O2S/c1-4-5-6-8(12-3)7(2)9(10)11/h4-6H,2H2,1,3H3,(H,10,11). The Balaban J connectivity index is 4.56. The van der Waals surface area contributed by atoms with E-state index in [4.69, 9.17) is 5.11 Å². The van der Waals surface area contributed by atoms with Crippen LogP contribution in [-0.2, 0) is 4.79 Å². The van der Waals surface area contributed by atoms with Crippen molar-refractivity contribution in [3.63, 3.8) is 0 Å². The zero-order valence-corrected chi connectivity index (χ0v) is 8.02. The number of carbonyl (C=O) groups is 1. The van der Waals surface area contributed by atoms with Crippen LogP contribution in [0.15, 0.2) is 35.3 Å². The molecule has 3 heteroatoms. The van der Waals surface area contributed by atoms with Gasteiger partial charge in [0.05, 0.1) is 5.57 Å². The van der Waals surface area contributed by atoms with E-state index in [0.717, 1.165) is 0 Å². The largest absolute Gasteiger partial charge is 0.478 e. The second-order valence-electron chi connectivity index (χ2n) is 2.04. The van der Waals surface area contributed by atoms with Crippen molar-refractivity contribution in [3.05, 3.63) is 35.3 Å². The molecular weight excluding hydrogens is 172 g/mol. The summed E-state index contributed by atoms with van der Waals surface area (Å²) in [6.45, 7) is 5.33. The number of thioether (sulfide) groups is 1. The molecule has 0 saturated carbocycles. The molecule has 0 aromatic heterocycles. The summed E-state index contributed by atoms with van der Waals surface area (Å²) in [5.74, 6) is -0.972. The number of hydrogen-bond donors (Lipinski definition) is 1. The predicted octanol–water partition coefficient (Wildman–Crippen LogP) is 2.45. The highest BCUT2D eigenvalue weighted by atomic mass is 32.2. The molecule has 1 N–H and O–H groups in total. The van der Waals surface area contributed by atoms with Gasteiger partial charge in [0, 0.05) is 4.91 Å². The second-order valence-corrected chi connectivity index (χ2v) is 2.89. The average Bonchev–Trinajstić information content (AvgIpc) is 2.05. The van der Waals surface area contributed by atoms with E-state index in [2.05, 4.69) is 6.58 Å². The summed E-state index contributed by atoms with van der Waals surface area (Å²) < 4.78 is 0. The lowest BCUT2D eigenvalue weighted by Crippen LogP contribution is -1.99. The fourth-order valence-corrected chi connectivity index (χ4v) is 1.13. The maximum atomic E-state index is 10.5. The van der Waals surface area contributed by atoms with Crippen molar-refractivity contribution in [1.29, 1.82) is 0 Å². The van der Waals surface area contributed by atoms with Crippen LogP contribution in [0.4, 0.5) is 0 Å². The van der Waals surface area contributed by atoms with E-state index in [0.29, 0.717) is 4.91 Å². The summed E-state index contributed by atoms with van der Waals surface area (Å²) >= 11 is 1.38. The molecule has 0 atom stereocenters. The molecule has 0 aliphatic carbocycles. The van der Waals surface area contributed by atoms with Gasteiger partial charge >= 0.3 is 5.97 Å². The maximum absolute atomic E-state index is 10.5. The molecule has 0 aromatic carbocycles. The maximum Gasteiger partial charge on any atom is 0.336 e. The molecule has 0 unspecified atom stereocenters. The lowest BCUT2D eigenvalue weighted by molar-refractivity contribution is -0.132. The topological polar surface area (TPSA) is 37.3 Å². The Hall–Kier alpha value is -0.960. The molecule has 0 bridgehead atoms. The average molecular weight is 184 g/mol. The summed E-state index contributed by atoms with van der Waals surface area (Å²) in [6.07, 6.45) is 7.19. The zero-order chi connectivity index (χ0) is 9.56. The van der Waals surface area contributed by atoms with Gasteiger partial charge in [-0.1, -0.05) is 18.7 Å². The molecule has 0 aromatic rings. The van der Waals surface area contributed by atoms with Gasteiger partial charge in [0.2, 0.25) is 0 Å². The molecule has 0 fully saturated rings. The molecule has 0 saturated heterocycles. The van der Waals surface area contributed by atoms with Crippen molar-refractivity contribution < 1.29 is 9.90 Å². The Morgan fingerprint density at radius 2 is 2.17 bits per heavy atom. The van der Waals surface area contributed by atoms with E-state index in [1.165, 1.54) is 11.8 Å². The Morgan fingerprint density at radius 3 is 2.50 bits per heavy atom. The van der Waals surface area contributed by atoms with Crippen LogP contribution < -0.4 is 0 Å². The van der Waals surface area contributed by atoms with Crippen LogP contribution in [0.1, 0.15) is 6.92 Å². The highest BCUT2D eigenvalue weighted by Crippen LogP contribution is 2.19. The molecule has 0 rings (SSSR count). The van der Waals surface area contributed by atoms with Crippen molar-refractivity contribution in [2.24, 2.45) is 0 Å². The van der Waals surface area contributed by atoms with Gasteiger partial charge < -0.3 is 5.11 Å². The van der Waals surface area contributed by atoms with Crippen LogP contribution in [-0.4, -0.2) is 17.3 Å². The Bertz CT molecular complexity index is 239. The van der Waals surface area contributed by atoms with Crippen LogP contribution in [0.5, 0.6) is 0 Å². The van der Waals surface area contributed by atoms with Crippen molar-refractivity contribution in [2.45, 2.75) is 6.92 Å². The third-order valence-corrected chi connectivity index (χ3v) is 2.04. The van der Waals surface area contributed by atoms with E-state index in [1.54, 1.807) is 12.2 Å². The van der Waals surface area contributed by atoms with Gasteiger partial charge in [0.25, 0.3) is 0 Å². The predicted molar refractivity (Wildman–Crippen MR) is 53.2 cm³/mol. The van der Waals surface area contributed by atoms with Gasteiger partial charge in [-0.15, -0.1) is 11.8 Å². The normalized spacial score (nSPS) is 12.0. The van der Waals surface area contributed by atoms with E-state index in [1.807, 2.05) is 19.3 Å². The third kappa shape index (κ3) is 3.44. The molecule has 0 spiro atoms. The molecule has 0 radical (unpaired) electrons. The summed E-state index contributed by atoms with van der Waals surface area (Å²) in [7, 11) is 0. The molecule has 66 valence electrons. The number of carboxylic acids is 1. The first-order valence-electron chi connectivity index (χ1n) is 3.43. The highest BCUT2D eigenvalue weighted by molar-refractivity contribution is 8.02. The van der Waals surface area contributed by atoms with E-state index in [-0.39, 0.29) is 5.57 Å². The lowest BCUT2D eigenvalue weighted by Gasteiger charge is -2.00. The lowest BCUT2D eigenvalue weighted by atomic mass is 10.2. The molecule has 2 nitrogen and oxygen atoms in total. The number of rotatable bonds is 4. The van der Waals surface area contributed by atoms with E-state index >= 15 is 0 Å². The van der Waals surface area contributed by atoms with Gasteiger partial charge in [0.15, 0.2) is 0 Å². The van der Waals surface area contributed by atoms with Crippen LogP contribution in [0.3, 0.4) is 0 Å². The van der Waals surface area contributed by atoms with Crippen molar-refractivity contribution in [1.82, 2.24) is 0 Å². The van der Waals surface area contributed by atoms with Crippen molar-refractivity contribution in [3.8, 4) is 0 Å². The van der Waals surface area contributed by atoms with Crippen LogP contribution in [0.2, 0.25) is 0 Å². The van der Waals surface area contributed by atoms with E-state index in [9.17, 15) is 4.79 Å². The molecule has 0 aliphatic rings. The number of aliphatic carboxylic acids is 1. The van der Waals surface area contributed by atoms with Crippen LogP contribution >= 0.6 is 11.8 Å². The third-order valence-electron chi connectivity index (χ3n) is 1.22. The fourth-order valence-electron chi connectivity index (χ4n) is 0.581. The highest BCUT2D eigenvalue weighted by Gasteiger charge is 2.07. The molecule has 12 heavy (non-hydrogen) atoms. The number of allylic oxidation sites excluding steroid dienone is 3. The van der Waals surface area contributed by atoms with Crippen molar-refractivity contribution >= 4 is 17.7 Å². The fraction of sp³-hybridized carbons (Fsp3) is 0.222. The summed E-state index contributed by atoms with van der Waals surface area (Å²) in [5, 5.41) is 8.61. The summed E-state index contributed by atoms with van der Waals surface area (Å²) in [5.41, 5.74) is 0.139. The summed E-state index contributed by atoms with van der Waals surface area (Å²) in [6, 6.07) is 0. The monoisotopic (exact) mass is 184 g/mol. The zero-order valence-electron chi connectivity index (χ0n) is 7.20. The SMILES string of the molecule is C=C(C(=O)O)C(=CC=CC)SC. The molecule has 0 amide bonds. The quantitative estimate of drug-likeness (QED) is 0.538. The second kappa shape index (κ2) is 5.66. The van der Waals surface area contributed by atoms with Gasteiger partial charge in [-0.2, -0.15) is 0 Å². The Kier molecular flexibility index (Phi) is 5.21. The minimum absolute atomic E-state index is 0.139. The van der Waals surface area contributed by atoms with Gasteiger partial charge in [-0.25, -0.2) is 4.79 Å². The number of hydrogen-bond acceptors (Lipinski definition) is 2. The minimum Gasteiger partial charge on any atom is -0.478 e. The van der Waals surface area contributed by atoms with Crippen LogP contribution in [0, 0.1) is 0 Å². The van der Waals surface area contributed by atoms with Gasteiger partial charge in [-0.05, 0) is 19.3 Å². The smallest absolute Gasteiger partial charge is 0.336 e. The number of carboxylic acid groups (broad SMARTS) is 1. The first-order valence-corrected chi connectivity index (χ1v) is 4.65. The molecule has 0 heterocycles. The minimum atomic E-state index is -0.972. The summed E-state index contributed by atoms with van der Waals surface area (Å²) in [4.78, 5) is 11.2. The van der Waals surface area contributed by atoms with Crippen LogP contribution in [0.25, 0.3) is 0 Å². The molecule has 0 aliphatic heterocycles. The Morgan fingerprint density at radius 1 is 1.58 bits per heavy atom. The first-order chi connectivity index (χ1) is 5.63. The van der Waals surface area contributed by atoms with Gasteiger partial charge in [0.1, 0.15) is 0 Å². The Labute approximate surface area is 76.7 Å².